The lowest BCUT2D eigenvalue weighted by Gasteiger charge is -2.07. The van der Waals surface area contributed by atoms with Crippen LogP contribution in [0.25, 0.3) is 0 Å². The minimum absolute atomic E-state index is 0.196. The minimum atomic E-state index is -0.234. The van der Waals surface area contributed by atoms with E-state index in [1.807, 2.05) is 19.1 Å². The summed E-state index contributed by atoms with van der Waals surface area (Å²) < 4.78 is 0. The molecule has 0 spiro atoms. The molecule has 0 aliphatic rings. The number of hydrogen-bond donors (Lipinski definition) is 2. The molecule has 3 nitrogen and oxygen atoms in total. The van der Waals surface area contributed by atoms with Crippen LogP contribution in [0.3, 0.4) is 0 Å². The van der Waals surface area contributed by atoms with Gasteiger partial charge >= 0.3 is 0 Å². The molecule has 0 fully saturated rings. The number of amides is 1. The average Bonchev–Trinajstić information content (AvgIpc) is 2.47. The van der Waals surface area contributed by atoms with E-state index in [9.17, 15) is 4.79 Å². The fraction of sp³-hybridized carbons (Fsp3) is 0.118. The Hall–Kier alpha value is -2.28. The van der Waals surface area contributed by atoms with E-state index in [1.54, 1.807) is 30.3 Å². The number of benzene rings is 2. The molecule has 4 heteroatoms. The van der Waals surface area contributed by atoms with E-state index >= 15 is 0 Å². The van der Waals surface area contributed by atoms with Crippen LogP contribution in [0.15, 0.2) is 42.5 Å². The molecule has 0 atom stereocenters. The Morgan fingerprint density at radius 1 is 1.29 bits per heavy atom. The van der Waals surface area contributed by atoms with Gasteiger partial charge in [-0.15, -0.1) is 0 Å². The van der Waals surface area contributed by atoms with Crippen molar-refractivity contribution in [3.05, 3.63) is 64.2 Å². The quantitative estimate of drug-likeness (QED) is 0.836. The van der Waals surface area contributed by atoms with E-state index in [4.69, 9.17) is 16.7 Å². The van der Waals surface area contributed by atoms with Crippen LogP contribution in [0.5, 0.6) is 0 Å². The zero-order valence-electron chi connectivity index (χ0n) is 11.5. The van der Waals surface area contributed by atoms with Gasteiger partial charge in [0.2, 0.25) is 0 Å². The molecule has 2 aromatic carbocycles. The van der Waals surface area contributed by atoms with Gasteiger partial charge in [-0.25, -0.2) is 0 Å². The van der Waals surface area contributed by atoms with Gasteiger partial charge in [0.15, 0.2) is 0 Å². The number of aliphatic hydroxyl groups excluding tert-OH is 1. The van der Waals surface area contributed by atoms with Crippen LogP contribution in [-0.2, 0) is 0 Å². The Morgan fingerprint density at radius 3 is 2.81 bits per heavy atom. The van der Waals surface area contributed by atoms with Gasteiger partial charge < -0.3 is 10.4 Å². The molecule has 2 rings (SSSR count). The van der Waals surface area contributed by atoms with Crippen LogP contribution < -0.4 is 5.32 Å². The van der Waals surface area contributed by atoms with Gasteiger partial charge in [0.25, 0.3) is 5.91 Å². The zero-order chi connectivity index (χ0) is 15.2. The van der Waals surface area contributed by atoms with E-state index in [0.29, 0.717) is 16.3 Å². The average molecular weight is 300 g/mol. The van der Waals surface area contributed by atoms with Crippen LogP contribution in [0.2, 0.25) is 5.02 Å². The first kappa shape index (κ1) is 15.1. The lowest BCUT2D eigenvalue weighted by molar-refractivity contribution is 0.102. The molecule has 2 aromatic rings. The second-order valence-corrected chi connectivity index (χ2v) is 4.89. The van der Waals surface area contributed by atoms with Gasteiger partial charge in [0.1, 0.15) is 6.61 Å². The number of nitrogens with one attached hydrogen (secondary N) is 1. The summed E-state index contributed by atoms with van der Waals surface area (Å²) in [4.78, 5) is 12.1. The number of rotatable bonds is 2. The van der Waals surface area contributed by atoms with Gasteiger partial charge in [-0.3, -0.25) is 4.79 Å². The molecule has 0 aromatic heterocycles. The summed E-state index contributed by atoms with van der Waals surface area (Å²) in [5, 5.41) is 12.1. The number of aliphatic hydroxyl groups is 1. The molecule has 0 unspecified atom stereocenters. The Kier molecular flexibility index (Phi) is 4.99. The van der Waals surface area contributed by atoms with Crippen molar-refractivity contribution in [2.45, 2.75) is 6.92 Å². The lowest BCUT2D eigenvalue weighted by Crippen LogP contribution is -2.11. The van der Waals surface area contributed by atoms with Crippen molar-refractivity contribution >= 4 is 23.2 Å². The SMILES string of the molecule is Cc1ccc(NC(=O)c2cccc(Cl)c2)cc1C#CCO. The Labute approximate surface area is 128 Å². The number of halogens is 1. The first-order valence-electron chi connectivity index (χ1n) is 6.37. The second kappa shape index (κ2) is 6.94. The standard InChI is InChI=1S/C17H14ClNO2/c1-12-7-8-16(11-13(12)5-3-9-20)19-17(21)14-4-2-6-15(18)10-14/h2,4,6-8,10-11,20H,9H2,1H3,(H,19,21). The molecule has 21 heavy (non-hydrogen) atoms. The smallest absolute Gasteiger partial charge is 0.255 e. The van der Waals surface area contributed by atoms with Gasteiger partial charge in [0, 0.05) is 21.8 Å². The normalized spacial score (nSPS) is 9.67. The highest BCUT2D eigenvalue weighted by Gasteiger charge is 2.07. The fourth-order valence-electron chi connectivity index (χ4n) is 1.80. The van der Waals surface area contributed by atoms with Gasteiger partial charge in [-0.1, -0.05) is 35.6 Å². The zero-order valence-corrected chi connectivity index (χ0v) is 12.2. The highest BCUT2D eigenvalue weighted by Crippen LogP contribution is 2.17. The van der Waals surface area contributed by atoms with Crippen LogP contribution in [0.4, 0.5) is 5.69 Å². The minimum Gasteiger partial charge on any atom is -0.384 e. The Balaban J connectivity index is 2.21. The van der Waals surface area contributed by atoms with Crippen LogP contribution in [0.1, 0.15) is 21.5 Å². The number of anilines is 1. The van der Waals surface area contributed by atoms with Crippen LogP contribution in [-0.4, -0.2) is 17.6 Å². The van der Waals surface area contributed by atoms with Crippen LogP contribution in [0, 0.1) is 18.8 Å². The third kappa shape index (κ3) is 4.09. The van der Waals surface area contributed by atoms with Crippen molar-refractivity contribution in [1.82, 2.24) is 0 Å². The van der Waals surface area contributed by atoms with E-state index in [-0.39, 0.29) is 12.5 Å². The molecule has 0 saturated heterocycles. The topological polar surface area (TPSA) is 49.3 Å². The molecule has 0 aliphatic heterocycles. The third-order valence-electron chi connectivity index (χ3n) is 2.88. The molecular formula is C17H14ClNO2. The summed E-state index contributed by atoms with van der Waals surface area (Å²) >= 11 is 5.87. The molecule has 0 aliphatic carbocycles. The van der Waals surface area contributed by atoms with Crippen molar-refractivity contribution in [2.24, 2.45) is 0 Å². The predicted octanol–water partition coefficient (Wildman–Crippen LogP) is 3.24. The number of carbonyl (C=O) groups excluding carboxylic acids is 1. The summed E-state index contributed by atoms with van der Waals surface area (Å²) in [6.07, 6.45) is 0. The summed E-state index contributed by atoms with van der Waals surface area (Å²) in [5.74, 6) is 5.22. The summed E-state index contributed by atoms with van der Waals surface area (Å²) in [5.41, 5.74) is 2.89. The van der Waals surface area contributed by atoms with Crippen LogP contribution >= 0.6 is 11.6 Å². The fourth-order valence-corrected chi connectivity index (χ4v) is 1.99. The monoisotopic (exact) mass is 299 g/mol. The molecule has 0 saturated carbocycles. The third-order valence-corrected chi connectivity index (χ3v) is 3.12. The Bertz CT molecular complexity index is 729. The first-order valence-corrected chi connectivity index (χ1v) is 6.75. The maximum Gasteiger partial charge on any atom is 0.255 e. The summed E-state index contributed by atoms with van der Waals surface area (Å²) in [7, 11) is 0. The van der Waals surface area contributed by atoms with E-state index in [0.717, 1.165) is 11.1 Å². The number of aryl methyl sites for hydroxylation is 1. The van der Waals surface area contributed by atoms with Gasteiger partial charge in [-0.2, -0.15) is 0 Å². The maximum absolute atomic E-state index is 12.1. The number of hydrogen-bond acceptors (Lipinski definition) is 2. The number of carbonyl (C=O) groups is 1. The molecular weight excluding hydrogens is 286 g/mol. The highest BCUT2D eigenvalue weighted by molar-refractivity contribution is 6.31. The van der Waals surface area contributed by atoms with Gasteiger partial charge in [-0.05, 0) is 42.8 Å². The van der Waals surface area contributed by atoms with Crippen molar-refractivity contribution in [3.63, 3.8) is 0 Å². The lowest BCUT2D eigenvalue weighted by atomic mass is 10.1. The Morgan fingerprint density at radius 2 is 2.10 bits per heavy atom. The van der Waals surface area contributed by atoms with E-state index < -0.39 is 0 Å². The molecule has 0 bridgehead atoms. The van der Waals surface area contributed by atoms with E-state index in [2.05, 4.69) is 17.2 Å². The summed E-state index contributed by atoms with van der Waals surface area (Å²) in [6, 6.07) is 12.2. The van der Waals surface area contributed by atoms with Gasteiger partial charge in [0.05, 0.1) is 0 Å². The molecule has 1 amide bonds. The van der Waals surface area contributed by atoms with Crippen molar-refractivity contribution < 1.29 is 9.90 Å². The molecule has 106 valence electrons. The molecule has 0 radical (unpaired) electrons. The summed E-state index contributed by atoms with van der Waals surface area (Å²) in [6.45, 7) is 1.72. The van der Waals surface area contributed by atoms with Crippen molar-refractivity contribution in [1.29, 1.82) is 0 Å². The maximum atomic E-state index is 12.1. The molecule has 2 N–H and O–H groups in total. The predicted molar refractivity (Wildman–Crippen MR) is 84.5 cm³/mol. The van der Waals surface area contributed by atoms with Crippen molar-refractivity contribution in [2.75, 3.05) is 11.9 Å². The highest BCUT2D eigenvalue weighted by atomic mass is 35.5. The first-order chi connectivity index (χ1) is 10.1. The molecule has 0 heterocycles. The van der Waals surface area contributed by atoms with Crippen molar-refractivity contribution in [3.8, 4) is 11.8 Å². The largest absolute Gasteiger partial charge is 0.384 e. The van der Waals surface area contributed by atoms with E-state index in [1.165, 1.54) is 0 Å². The second-order valence-electron chi connectivity index (χ2n) is 4.45.